The van der Waals surface area contributed by atoms with Crippen LogP contribution in [0.4, 0.5) is 5.69 Å². The van der Waals surface area contributed by atoms with Crippen LogP contribution in [-0.2, 0) is 22.4 Å². The average Bonchev–Trinajstić information content (AvgIpc) is 3.10. The maximum Gasteiger partial charge on any atom is 0.239 e. The van der Waals surface area contributed by atoms with E-state index in [0.29, 0.717) is 19.5 Å². The van der Waals surface area contributed by atoms with E-state index in [4.69, 9.17) is 0 Å². The molecule has 1 fully saturated rings. The minimum absolute atomic E-state index is 0.0962. The highest BCUT2D eigenvalue weighted by molar-refractivity contribution is 7.98. The predicted octanol–water partition coefficient (Wildman–Crippen LogP) is 3.68. The Balaban J connectivity index is 1.51. The Bertz CT molecular complexity index is 787. The summed E-state index contributed by atoms with van der Waals surface area (Å²) in [6.45, 7) is 3.25. The molecule has 2 amide bonds. The normalized spacial score (nSPS) is 16.6. The van der Waals surface area contributed by atoms with Gasteiger partial charge in [-0.3, -0.25) is 9.59 Å². The monoisotopic (exact) mass is 382 g/mol. The summed E-state index contributed by atoms with van der Waals surface area (Å²) < 4.78 is 0. The number of amides is 2. The van der Waals surface area contributed by atoms with Gasteiger partial charge in [-0.1, -0.05) is 31.2 Å². The predicted molar refractivity (Wildman–Crippen MR) is 111 cm³/mol. The summed E-state index contributed by atoms with van der Waals surface area (Å²) in [5, 5.41) is 2.93. The molecule has 4 nitrogen and oxygen atoms in total. The first-order valence-corrected chi connectivity index (χ1v) is 10.7. The SMILES string of the molecule is CCc1ccc(N2CC[C@H](C(=O)NCCc3ccc(SC)cc3)C2=O)cc1. The van der Waals surface area contributed by atoms with Crippen LogP contribution in [0.2, 0.25) is 0 Å². The molecule has 2 aromatic rings. The molecule has 5 heteroatoms. The van der Waals surface area contributed by atoms with Gasteiger partial charge in [-0.05, 0) is 60.9 Å². The largest absolute Gasteiger partial charge is 0.355 e. The number of rotatable bonds is 7. The lowest BCUT2D eigenvalue weighted by Crippen LogP contribution is -2.37. The number of hydrogen-bond acceptors (Lipinski definition) is 3. The standard InChI is InChI=1S/C22H26N2O2S/c1-3-16-4-8-18(9-5-16)24-15-13-20(22(24)26)21(25)23-14-12-17-6-10-19(27-2)11-7-17/h4-11,20H,3,12-15H2,1-2H3,(H,23,25)/t20-/m1/s1. The molecule has 27 heavy (non-hydrogen) atoms. The third kappa shape index (κ3) is 4.72. The Morgan fingerprint density at radius 2 is 1.78 bits per heavy atom. The number of anilines is 1. The summed E-state index contributed by atoms with van der Waals surface area (Å²) >= 11 is 1.71. The molecule has 1 N–H and O–H groups in total. The van der Waals surface area contributed by atoms with E-state index in [2.05, 4.69) is 42.8 Å². The summed E-state index contributed by atoms with van der Waals surface area (Å²) in [6.07, 6.45) is 4.36. The van der Waals surface area contributed by atoms with E-state index < -0.39 is 5.92 Å². The van der Waals surface area contributed by atoms with E-state index in [1.165, 1.54) is 16.0 Å². The molecular formula is C22H26N2O2S. The highest BCUT2D eigenvalue weighted by Crippen LogP contribution is 2.26. The van der Waals surface area contributed by atoms with Gasteiger partial charge in [0, 0.05) is 23.7 Å². The zero-order valence-corrected chi connectivity index (χ0v) is 16.7. The third-order valence-corrected chi connectivity index (χ3v) is 5.79. The first kappa shape index (κ1) is 19.5. The van der Waals surface area contributed by atoms with Crippen molar-refractivity contribution < 1.29 is 9.59 Å². The number of hydrogen-bond donors (Lipinski definition) is 1. The molecule has 0 aliphatic carbocycles. The number of carbonyl (C=O) groups excluding carboxylic acids is 2. The van der Waals surface area contributed by atoms with Crippen molar-refractivity contribution in [3.05, 3.63) is 59.7 Å². The van der Waals surface area contributed by atoms with E-state index in [9.17, 15) is 9.59 Å². The zero-order valence-electron chi connectivity index (χ0n) is 15.9. The van der Waals surface area contributed by atoms with Gasteiger partial charge < -0.3 is 10.2 Å². The van der Waals surface area contributed by atoms with Gasteiger partial charge in [0.15, 0.2) is 0 Å². The Hall–Kier alpha value is -2.27. The molecule has 1 atom stereocenters. The first-order chi connectivity index (χ1) is 13.1. The number of nitrogens with zero attached hydrogens (tertiary/aromatic N) is 1. The maximum atomic E-state index is 12.7. The first-order valence-electron chi connectivity index (χ1n) is 9.43. The molecule has 0 spiro atoms. The van der Waals surface area contributed by atoms with Crippen LogP contribution in [0, 0.1) is 5.92 Å². The maximum absolute atomic E-state index is 12.7. The number of nitrogens with one attached hydrogen (secondary N) is 1. The fourth-order valence-corrected chi connectivity index (χ4v) is 3.74. The van der Waals surface area contributed by atoms with Crippen LogP contribution < -0.4 is 10.2 Å². The van der Waals surface area contributed by atoms with Gasteiger partial charge in [0.1, 0.15) is 5.92 Å². The average molecular weight is 383 g/mol. The van der Waals surface area contributed by atoms with Crippen LogP contribution in [-0.4, -0.2) is 31.2 Å². The van der Waals surface area contributed by atoms with Crippen molar-refractivity contribution in [3.63, 3.8) is 0 Å². The highest BCUT2D eigenvalue weighted by atomic mass is 32.2. The lowest BCUT2D eigenvalue weighted by molar-refractivity contribution is -0.132. The van der Waals surface area contributed by atoms with Crippen molar-refractivity contribution in [1.82, 2.24) is 5.32 Å². The summed E-state index contributed by atoms with van der Waals surface area (Å²) in [4.78, 5) is 28.1. The third-order valence-electron chi connectivity index (χ3n) is 5.05. The number of carbonyl (C=O) groups is 2. The van der Waals surface area contributed by atoms with Crippen LogP contribution in [0.3, 0.4) is 0 Å². The quantitative estimate of drug-likeness (QED) is 0.587. The molecule has 1 aliphatic heterocycles. The number of benzene rings is 2. The van der Waals surface area contributed by atoms with Crippen molar-refractivity contribution in [2.24, 2.45) is 5.92 Å². The summed E-state index contributed by atoms with van der Waals surface area (Å²) in [5.74, 6) is -0.829. The van der Waals surface area contributed by atoms with Crippen molar-refractivity contribution in [2.45, 2.75) is 31.1 Å². The van der Waals surface area contributed by atoms with Gasteiger partial charge in [0.05, 0.1) is 0 Å². The van der Waals surface area contributed by atoms with E-state index in [0.717, 1.165) is 18.5 Å². The molecule has 1 saturated heterocycles. The lowest BCUT2D eigenvalue weighted by Gasteiger charge is -2.17. The molecule has 0 saturated carbocycles. The summed E-state index contributed by atoms with van der Waals surface area (Å²) in [7, 11) is 0. The Morgan fingerprint density at radius 3 is 2.41 bits per heavy atom. The smallest absolute Gasteiger partial charge is 0.239 e. The molecular weight excluding hydrogens is 356 g/mol. The van der Waals surface area contributed by atoms with Gasteiger partial charge in [-0.25, -0.2) is 0 Å². The van der Waals surface area contributed by atoms with Crippen molar-refractivity contribution in [2.75, 3.05) is 24.2 Å². The number of aryl methyl sites for hydroxylation is 1. The fourth-order valence-electron chi connectivity index (χ4n) is 3.34. The molecule has 1 aliphatic rings. The molecule has 3 rings (SSSR count). The molecule has 0 aromatic heterocycles. The van der Waals surface area contributed by atoms with Gasteiger partial charge in [-0.2, -0.15) is 0 Å². The van der Waals surface area contributed by atoms with Gasteiger partial charge in [-0.15, -0.1) is 11.8 Å². The van der Waals surface area contributed by atoms with E-state index in [-0.39, 0.29) is 11.8 Å². The van der Waals surface area contributed by atoms with Crippen LogP contribution in [0.25, 0.3) is 0 Å². The van der Waals surface area contributed by atoms with Gasteiger partial charge in [0.2, 0.25) is 11.8 Å². The minimum Gasteiger partial charge on any atom is -0.355 e. The molecule has 0 bridgehead atoms. The molecule has 0 unspecified atom stereocenters. The van der Waals surface area contributed by atoms with Crippen molar-refractivity contribution in [3.8, 4) is 0 Å². The van der Waals surface area contributed by atoms with Crippen molar-refractivity contribution in [1.29, 1.82) is 0 Å². The number of thioether (sulfide) groups is 1. The van der Waals surface area contributed by atoms with Crippen LogP contribution in [0.15, 0.2) is 53.4 Å². The molecule has 1 heterocycles. The van der Waals surface area contributed by atoms with Gasteiger partial charge in [0.25, 0.3) is 0 Å². The summed E-state index contributed by atoms with van der Waals surface area (Å²) in [5.41, 5.74) is 3.30. The lowest BCUT2D eigenvalue weighted by atomic mass is 10.1. The zero-order chi connectivity index (χ0) is 19.2. The fraction of sp³-hybridized carbons (Fsp3) is 0.364. The van der Waals surface area contributed by atoms with E-state index >= 15 is 0 Å². The van der Waals surface area contributed by atoms with Gasteiger partial charge >= 0.3 is 0 Å². The second kappa shape index (κ2) is 9.09. The minimum atomic E-state index is -0.574. The Morgan fingerprint density at radius 1 is 1.11 bits per heavy atom. The molecule has 0 radical (unpaired) electrons. The highest BCUT2D eigenvalue weighted by Gasteiger charge is 2.37. The van der Waals surface area contributed by atoms with Crippen LogP contribution in [0.1, 0.15) is 24.5 Å². The second-order valence-electron chi connectivity index (χ2n) is 6.74. The Labute approximate surface area is 165 Å². The molecule has 142 valence electrons. The van der Waals surface area contributed by atoms with Crippen LogP contribution >= 0.6 is 11.8 Å². The Kier molecular flexibility index (Phi) is 6.56. The van der Waals surface area contributed by atoms with Crippen LogP contribution in [0.5, 0.6) is 0 Å². The van der Waals surface area contributed by atoms with Crippen molar-refractivity contribution >= 4 is 29.3 Å². The van der Waals surface area contributed by atoms with E-state index in [1.807, 2.05) is 24.3 Å². The van der Waals surface area contributed by atoms with E-state index in [1.54, 1.807) is 16.7 Å². The molecule has 2 aromatic carbocycles. The summed E-state index contributed by atoms with van der Waals surface area (Å²) in [6, 6.07) is 16.4. The second-order valence-corrected chi connectivity index (χ2v) is 7.62. The topological polar surface area (TPSA) is 49.4 Å².